The number of hydrogen-bond acceptors (Lipinski definition) is 2. The zero-order chi connectivity index (χ0) is 19.4. The molecule has 0 aliphatic carbocycles. The zero-order valence-corrected chi connectivity index (χ0v) is 15.9. The molecular formula is C21H22ClFN2O2. The number of benzene rings is 2. The van der Waals surface area contributed by atoms with Gasteiger partial charge in [-0.25, -0.2) is 4.39 Å². The van der Waals surface area contributed by atoms with Gasteiger partial charge in [0.1, 0.15) is 5.82 Å². The highest BCUT2D eigenvalue weighted by molar-refractivity contribution is 6.30. The van der Waals surface area contributed by atoms with E-state index in [9.17, 15) is 14.0 Å². The van der Waals surface area contributed by atoms with E-state index in [1.165, 1.54) is 12.1 Å². The zero-order valence-electron chi connectivity index (χ0n) is 15.1. The lowest BCUT2D eigenvalue weighted by Crippen LogP contribution is -2.45. The van der Waals surface area contributed by atoms with Crippen molar-refractivity contribution in [1.29, 1.82) is 0 Å². The summed E-state index contributed by atoms with van der Waals surface area (Å²) in [5.41, 5.74) is 1.41. The third-order valence-electron chi connectivity index (χ3n) is 4.90. The molecule has 27 heavy (non-hydrogen) atoms. The molecule has 0 bridgehead atoms. The second-order valence-electron chi connectivity index (χ2n) is 6.88. The third-order valence-corrected chi connectivity index (χ3v) is 5.15. The van der Waals surface area contributed by atoms with E-state index in [1.807, 2.05) is 6.92 Å². The summed E-state index contributed by atoms with van der Waals surface area (Å²) in [7, 11) is 0. The molecule has 2 amide bonds. The normalized spacial score (nSPS) is 18.0. The maximum Gasteiger partial charge on any atom is 0.253 e. The van der Waals surface area contributed by atoms with Gasteiger partial charge in [0, 0.05) is 23.7 Å². The molecule has 6 heteroatoms. The lowest BCUT2D eigenvalue weighted by atomic mass is 9.95. The Hall–Kier alpha value is -2.40. The Morgan fingerprint density at radius 3 is 2.48 bits per heavy atom. The van der Waals surface area contributed by atoms with Crippen molar-refractivity contribution in [3.63, 3.8) is 0 Å². The lowest BCUT2D eigenvalue weighted by Gasteiger charge is -2.32. The fourth-order valence-electron chi connectivity index (χ4n) is 3.32. The van der Waals surface area contributed by atoms with Gasteiger partial charge in [0.2, 0.25) is 5.91 Å². The minimum Gasteiger partial charge on any atom is -0.349 e. The van der Waals surface area contributed by atoms with Crippen LogP contribution in [0.2, 0.25) is 5.02 Å². The monoisotopic (exact) mass is 388 g/mol. The summed E-state index contributed by atoms with van der Waals surface area (Å²) in [6.07, 6.45) is 1.52. The molecule has 0 saturated carbocycles. The SMILES string of the molecule is CC(NC(=O)C1CCCN(C(=O)c2ccc(Cl)cc2)C1)c1ccc(F)cc1. The van der Waals surface area contributed by atoms with Gasteiger partial charge in [0.05, 0.1) is 12.0 Å². The average Bonchev–Trinajstić information content (AvgIpc) is 2.68. The first kappa shape index (κ1) is 19.4. The fraction of sp³-hybridized carbons (Fsp3) is 0.333. The van der Waals surface area contributed by atoms with Gasteiger partial charge >= 0.3 is 0 Å². The van der Waals surface area contributed by atoms with Crippen molar-refractivity contribution >= 4 is 23.4 Å². The largest absolute Gasteiger partial charge is 0.349 e. The first-order valence-corrected chi connectivity index (χ1v) is 9.42. The Balaban J connectivity index is 1.61. The van der Waals surface area contributed by atoms with E-state index < -0.39 is 0 Å². The summed E-state index contributed by atoms with van der Waals surface area (Å²) >= 11 is 5.88. The van der Waals surface area contributed by atoms with Crippen molar-refractivity contribution in [3.8, 4) is 0 Å². The summed E-state index contributed by atoms with van der Waals surface area (Å²) in [4.78, 5) is 27.0. The van der Waals surface area contributed by atoms with Crippen molar-refractivity contribution < 1.29 is 14.0 Å². The average molecular weight is 389 g/mol. The van der Waals surface area contributed by atoms with Gasteiger partial charge < -0.3 is 10.2 Å². The molecule has 0 radical (unpaired) electrons. The van der Waals surface area contributed by atoms with E-state index in [4.69, 9.17) is 11.6 Å². The molecule has 1 aliphatic heterocycles. The molecule has 1 N–H and O–H groups in total. The van der Waals surface area contributed by atoms with E-state index in [1.54, 1.807) is 41.3 Å². The number of nitrogens with one attached hydrogen (secondary N) is 1. The van der Waals surface area contributed by atoms with Gasteiger partial charge in [-0.3, -0.25) is 9.59 Å². The number of halogens is 2. The maximum absolute atomic E-state index is 13.1. The highest BCUT2D eigenvalue weighted by atomic mass is 35.5. The van der Waals surface area contributed by atoms with Gasteiger partial charge in [-0.15, -0.1) is 0 Å². The quantitative estimate of drug-likeness (QED) is 0.853. The van der Waals surface area contributed by atoms with Crippen LogP contribution in [0.25, 0.3) is 0 Å². The number of carbonyl (C=O) groups is 2. The number of carbonyl (C=O) groups excluding carboxylic acids is 2. The first-order chi connectivity index (χ1) is 12.9. The van der Waals surface area contributed by atoms with Gasteiger partial charge in [-0.2, -0.15) is 0 Å². The molecule has 4 nitrogen and oxygen atoms in total. The molecular weight excluding hydrogens is 367 g/mol. The van der Waals surface area contributed by atoms with Gasteiger partial charge in [-0.05, 0) is 61.7 Å². The van der Waals surface area contributed by atoms with Crippen LogP contribution in [-0.2, 0) is 4.79 Å². The second-order valence-corrected chi connectivity index (χ2v) is 7.32. The van der Waals surface area contributed by atoms with Crippen molar-refractivity contribution in [3.05, 3.63) is 70.5 Å². The number of amides is 2. The molecule has 1 aliphatic rings. The minimum absolute atomic E-state index is 0.0829. The smallest absolute Gasteiger partial charge is 0.253 e. The molecule has 0 spiro atoms. The molecule has 2 atom stereocenters. The summed E-state index contributed by atoms with van der Waals surface area (Å²) in [6.45, 7) is 2.90. The summed E-state index contributed by atoms with van der Waals surface area (Å²) in [6, 6.07) is 12.6. The van der Waals surface area contributed by atoms with Crippen LogP contribution in [0.3, 0.4) is 0 Å². The Bertz CT molecular complexity index is 808. The Kier molecular flexibility index (Phi) is 6.11. The molecule has 2 unspecified atom stereocenters. The van der Waals surface area contributed by atoms with E-state index in [2.05, 4.69) is 5.32 Å². The number of hydrogen-bond donors (Lipinski definition) is 1. The standard InChI is InChI=1S/C21H22ClFN2O2/c1-14(15-6-10-19(23)11-7-15)24-20(26)17-3-2-12-25(13-17)21(27)16-4-8-18(22)9-5-16/h4-11,14,17H,2-3,12-13H2,1H3,(H,24,26). The maximum atomic E-state index is 13.1. The number of piperidine rings is 1. The molecule has 1 fully saturated rings. The van der Waals surface area contributed by atoms with Crippen molar-refractivity contribution in [1.82, 2.24) is 10.2 Å². The number of rotatable bonds is 4. The fourth-order valence-corrected chi connectivity index (χ4v) is 3.44. The number of likely N-dealkylation sites (tertiary alicyclic amines) is 1. The van der Waals surface area contributed by atoms with E-state index in [0.29, 0.717) is 23.7 Å². The van der Waals surface area contributed by atoms with Gasteiger partial charge in [0.25, 0.3) is 5.91 Å². The summed E-state index contributed by atoms with van der Waals surface area (Å²) < 4.78 is 13.1. The lowest BCUT2D eigenvalue weighted by molar-refractivity contribution is -0.127. The predicted octanol–water partition coefficient (Wildman–Crippen LogP) is 4.21. The highest BCUT2D eigenvalue weighted by Gasteiger charge is 2.29. The molecule has 1 saturated heterocycles. The first-order valence-electron chi connectivity index (χ1n) is 9.04. The van der Waals surface area contributed by atoms with Crippen LogP contribution in [-0.4, -0.2) is 29.8 Å². The van der Waals surface area contributed by atoms with Crippen LogP contribution in [0.5, 0.6) is 0 Å². The van der Waals surface area contributed by atoms with Crippen molar-refractivity contribution in [2.24, 2.45) is 5.92 Å². The molecule has 2 aromatic carbocycles. The molecule has 1 heterocycles. The third kappa shape index (κ3) is 4.86. The van der Waals surface area contributed by atoms with Crippen molar-refractivity contribution in [2.45, 2.75) is 25.8 Å². The van der Waals surface area contributed by atoms with E-state index in [0.717, 1.165) is 18.4 Å². The van der Waals surface area contributed by atoms with E-state index >= 15 is 0 Å². The van der Waals surface area contributed by atoms with Gasteiger partial charge in [-0.1, -0.05) is 23.7 Å². The Morgan fingerprint density at radius 1 is 1.15 bits per heavy atom. The predicted molar refractivity (Wildman–Crippen MR) is 103 cm³/mol. The van der Waals surface area contributed by atoms with Crippen molar-refractivity contribution in [2.75, 3.05) is 13.1 Å². The second kappa shape index (κ2) is 8.53. The minimum atomic E-state index is -0.305. The number of nitrogens with zero attached hydrogens (tertiary/aromatic N) is 1. The van der Waals surface area contributed by atoms with Crippen LogP contribution in [0.4, 0.5) is 4.39 Å². The molecule has 3 rings (SSSR count). The molecule has 0 aromatic heterocycles. The van der Waals surface area contributed by atoms with Crippen LogP contribution in [0, 0.1) is 11.7 Å². The molecule has 2 aromatic rings. The summed E-state index contributed by atoms with van der Waals surface area (Å²) in [5.74, 6) is -0.727. The van der Waals surface area contributed by atoms with Gasteiger partial charge in [0.15, 0.2) is 0 Å². The Labute approximate surface area is 163 Å². The van der Waals surface area contributed by atoms with Crippen LogP contribution in [0.1, 0.15) is 41.7 Å². The van der Waals surface area contributed by atoms with Crippen LogP contribution in [0.15, 0.2) is 48.5 Å². The Morgan fingerprint density at radius 2 is 1.81 bits per heavy atom. The topological polar surface area (TPSA) is 49.4 Å². The highest BCUT2D eigenvalue weighted by Crippen LogP contribution is 2.21. The summed E-state index contributed by atoms with van der Waals surface area (Å²) in [5, 5.41) is 3.56. The molecule has 142 valence electrons. The van der Waals surface area contributed by atoms with Crippen LogP contribution >= 0.6 is 11.6 Å². The van der Waals surface area contributed by atoms with E-state index in [-0.39, 0.29) is 29.6 Å². The van der Waals surface area contributed by atoms with Crippen LogP contribution < -0.4 is 5.32 Å².